The minimum atomic E-state index is -0.392. The third-order valence-corrected chi connectivity index (χ3v) is 4.15. The maximum absolute atomic E-state index is 10.1. The molecule has 1 heterocycles. The summed E-state index contributed by atoms with van der Waals surface area (Å²) in [5.74, 6) is 0.390. The lowest BCUT2D eigenvalue weighted by atomic mass is 9.84. The van der Waals surface area contributed by atoms with Crippen LogP contribution in [-0.2, 0) is 16.1 Å². The van der Waals surface area contributed by atoms with Gasteiger partial charge in [-0.25, -0.2) is 0 Å². The molecule has 0 radical (unpaired) electrons. The van der Waals surface area contributed by atoms with Gasteiger partial charge in [0.2, 0.25) is 0 Å². The Labute approximate surface area is 115 Å². The highest BCUT2D eigenvalue weighted by Crippen LogP contribution is 2.32. The number of aliphatic hydroxyl groups is 1. The fraction of sp³-hybridized carbons (Fsp3) is 0.625. The summed E-state index contributed by atoms with van der Waals surface area (Å²) in [6, 6.07) is 10.1. The van der Waals surface area contributed by atoms with Gasteiger partial charge in [-0.1, -0.05) is 51.1 Å². The standard InChI is InChI=1S/C16H24O3/c1-4-14-15(17)11(2)12(3)16(19-14)18-10-13-8-6-5-7-9-13/h5-9,11-12,14-17H,4,10H2,1-3H3/t11-,12?,14?,15+,16-/m1/s1. The van der Waals surface area contributed by atoms with Crippen LogP contribution >= 0.6 is 0 Å². The quantitative estimate of drug-likeness (QED) is 0.908. The number of hydrogen-bond acceptors (Lipinski definition) is 3. The predicted octanol–water partition coefficient (Wildman–Crippen LogP) is 2.97. The van der Waals surface area contributed by atoms with E-state index in [1.165, 1.54) is 0 Å². The fourth-order valence-corrected chi connectivity index (χ4v) is 2.56. The van der Waals surface area contributed by atoms with E-state index in [1.807, 2.05) is 37.3 Å². The molecule has 0 amide bonds. The molecule has 0 spiro atoms. The highest BCUT2D eigenvalue weighted by atomic mass is 16.7. The van der Waals surface area contributed by atoms with Gasteiger partial charge in [0.15, 0.2) is 6.29 Å². The van der Waals surface area contributed by atoms with E-state index >= 15 is 0 Å². The Bertz CT molecular complexity index is 377. The molecule has 0 aromatic heterocycles. The van der Waals surface area contributed by atoms with Gasteiger partial charge < -0.3 is 14.6 Å². The minimum absolute atomic E-state index is 0.119. The van der Waals surface area contributed by atoms with Crippen molar-refractivity contribution in [2.45, 2.75) is 52.3 Å². The van der Waals surface area contributed by atoms with Crippen LogP contribution in [0.5, 0.6) is 0 Å². The summed E-state index contributed by atoms with van der Waals surface area (Å²) >= 11 is 0. The molecular formula is C16H24O3. The average Bonchev–Trinajstić information content (AvgIpc) is 2.45. The molecule has 3 heteroatoms. The van der Waals surface area contributed by atoms with Crippen molar-refractivity contribution in [3.63, 3.8) is 0 Å². The van der Waals surface area contributed by atoms with Crippen LogP contribution in [0.2, 0.25) is 0 Å². The van der Waals surface area contributed by atoms with Gasteiger partial charge in [0.25, 0.3) is 0 Å². The Hall–Kier alpha value is -0.900. The van der Waals surface area contributed by atoms with Gasteiger partial charge in [-0.15, -0.1) is 0 Å². The van der Waals surface area contributed by atoms with Crippen LogP contribution in [0, 0.1) is 11.8 Å². The number of ether oxygens (including phenoxy) is 2. The van der Waals surface area contributed by atoms with E-state index in [4.69, 9.17) is 9.47 Å². The average molecular weight is 264 g/mol. The molecule has 1 aromatic rings. The van der Waals surface area contributed by atoms with Crippen LogP contribution in [0.4, 0.5) is 0 Å². The molecule has 1 aliphatic rings. The molecule has 2 unspecified atom stereocenters. The summed E-state index contributed by atoms with van der Waals surface area (Å²) in [6.07, 6.45) is 0.0655. The zero-order chi connectivity index (χ0) is 13.8. The van der Waals surface area contributed by atoms with Crippen molar-refractivity contribution in [1.82, 2.24) is 0 Å². The van der Waals surface area contributed by atoms with Crippen LogP contribution < -0.4 is 0 Å². The van der Waals surface area contributed by atoms with E-state index in [1.54, 1.807) is 0 Å². The number of benzene rings is 1. The molecule has 1 aliphatic heterocycles. The molecule has 19 heavy (non-hydrogen) atoms. The van der Waals surface area contributed by atoms with E-state index in [-0.39, 0.29) is 24.2 Å². The second kappa shape index (κ2) is 6.51. The predicted molar refractivity (Wildman–Crippen MR) is 74.5 cm³/mol. The molecule has 1 N–H and O–H groups in total. The van der Waals surface area contributed by atoms with Gasteiger partial charge in [0.1, 0.15) is 0 Å². The molecule has 3 nitrogen and oxygen atoms in total. The molecule has 1 fully saturated rings. The molecule has 0 bridgehead atoms. The number of rotatable bonds is 4. The Balaban J connectivity index is 1.95. The zero-order valence-corrected chi connectivity index (χ0v) is 12.0. The molecule has 106 valence electrons. The summed E-state index contributed by atoms with van der Waals surface area (Å²) in [4.78, 5) is 0. The highest BCUT2D eigenvalue weighted by molar-refractivity contribution is 5.13. The van der Waals surface area contributed by atoms with Crippen LogP contribution in [0.1, 0.15) is 32.8 Å². The topological polar surface area (TPSA) is 38.7 Å². The molecule has 2 rings (SSSR count). The maximum atomic E-state index is 10.1. The monoisotopic (exact) mass is 264 g/mol. The first-order chi connectivity index (χ1) is 9.13. The van der Waals surface area contributed by atoms with Gasteiger partial charge >= 0.3 is 0 Å². The van der Waals surface area contributed by atoms with Crippen LogP contribution in [-0.4, -0.2) is 23.6 Å². The SMILES string of the molecule is CCC1O[C@@H](OCc2ccccc2)C(C)[C@@H](C)[C@@H]1O. The molecule has 1 saturated heterocycles. The summed E-state index contributed by atoms with van der Waals surface area (Å²) in [6.45, 7) is 6.73. The Morgan fingerprint density at radius 3 is 2.47 bits per heavy atom. The number of hydrogen-bond donors (Lipinski definition) is 1. The number of aliphatic hydroxyl groups excluding tert-OH is 1. The van der Waals surface area contributed by atoms with Crippen molar-refractivity contribution < 1.29 is 14.6 Å². The molecule has 0 saturated carbocycles. The van der Waals surface area contributed by atoms with Gasteiger partial charge in [-0.2, -0.15) is 0 Å². The van der Waals surface area contributed by atoms with Gasteiger partial charge in [-0.05, 0) is 17.9 Å². The lowest BCUT2D eigenvalue weighted by Crippen LogP contribution is -2.49. The summed E-state index contributed by atoms with van der Waals surface area (Å²) < 4.78 is 11.8. The van der Waals surface area contributed by atoms with E-state index in [2.05, 4.69) is 13.8 Å². The molecule has 0 aliphatic carbocycles. The van der Waals surface area contributed by atoms with Crippen molar-refractivity contribution in [2.24, 2.45) is 11.8 Å². The van der Waals surface area contributed by atoms with Crippen LogP contribution in [0.15, 0.2) is 30.3 Å². The van der Waals surface area contributed by atoms with Gasteiger partial charge in [0, 0.05) is 5.92 Å². The zero-order valence-electron chi connectivity index (χ0n) is 12.0. The van der Waals surface area contributed by atoms with E-state index in [0.29, 0.717) is 6.61 Å². The first-order valence-corrected chi connectivity index (χ1v) is 7.12. The van der Waals surface area contributed by atoms with E-state index < -0.39 is 6.10 Å². The Morgan fingerprint density at radius 2 is 1.84 bits per heavy atom. The van der Waals surface area contributed by atoms with Crippen LogP contribution in [0.3, 0.4) is 0 Å². The molecular weight excluding hydrogens is 240 g/mol. The van der Waals surface area contributed by atoms with Crippen molar-refractivity contribution in [3.05, 3.63) is 35.9 Å². The van der Waals surface area contributed by atoms with Gasteiger partial charge in [-0.3, -0.25) is 0 Å². The Kier molecular flexibility index (Phi) is 4.97. The highest BCUT2D eigenvalue weighted by Gasteiger charge is 2.40. The lowest BCUT2D eigenvalue weighted by molar-refractivity contribution is -0.266. The molecule has 5 atom stereocenters. The van der Waals surface area contributed by atoms with Crippen molar-refractivity contribution in [2.75, 3.05) is 0 Å². The van der Waals surface area contributed by atoms with Crippen molar-refractivity contribution in [1.29, 1.82) is 0 Å². The van der Waals surface area contributed by atoms with Gasteiger partial charge in [0.05, 0.1) is 18.8 Å². The van der Waals surface area contributed by atoms with E-state index in [0.717, 1.165) is 12.0 Å². The smallest absolute Gasteiger partial charge is 0.161 e. The largest absolute Gasteiger partial charge is 0.390 e. The second-order valence-electron chi connectivity index (χ2n) is 5.46. The maximum Gasteiger partial charge on any atom is 0.161 e. The Morgan fingerprint density at radius 1 is 1.16 bits per heavy atom. The summed E-state index contributed by atoms with van der Waals surface area (Å²) in [5.41, 5.74) is 1.14. The van der Waals surface area contributed by atoms with Crippen LogP contribution in [0.25, 0.3) is 0 Å². The fourth-order valence-electron chi connectivity index (χ4n) is 2.56. The summed E-state index contributed by atoms with van der Waals surface area (Å²) in [5, 5.41) is 10.1. The lowest BCUT2D eigenvalue weighted by Gasteiger charge is -2.42. The first kappa shape index (κ1) is 14.5. The first-order valence-electron chi connectivity index (χ1n) is 7.12. The minimum Gasteiger partial charge on any atom is -0.390 e. The second-order valence-corrected chi connectivity index (χ2v) is 5.46. The normalized spacial score (nSPS) is 35.3. The summed E-state index contributed by atoms with van der Waals surface area (Å²) in [7, 11) is 0. The van der Waals surface area contributed by atoms with E-state index in [9.17, 15) is 5.11 Å². The third kappa shape index (κ3) is 3.35. The van der Waals surface area contributed by atoms with Crippen molar-refractivity contribution in [3.8, 4) is 0 Å². The third-order valence-electron chi connectivity index (χ3n) is 4.15. The van der Waals surface area contributed by atoms with Crippen molar-refractivity contribution >= 4 is 0 Å². The molecule has 1 aromatic carbocycles.